The molecule has 9 heteroatoms. The molecule has 0 amide bonds. The number of fused-ring (bicyclic) bond motifs is 1. The Hall–Kier alpha value is -4.00. The Morgan fingerprint density at radius 1 is 1.05 bits per heavy atom. The molecular formula is C28H24FN7S. The highest BCUT2D eigenvalue weighted by Crippen LogP contribution is 2.43. The van der Waals surface area contributed by atoms with Crippen LogP contribution in [0.2, 0.25) is 0 Å². The Balaban J connectivity index is 1.42. The van der Waals surface area contributed by atoms with Gasteiger partial charge in [-0.3, -0.25) is 0 Å². The van der Waals surface area contributed by atoms with Crippen molar-refractivity contribution >= 4 is 22.9 Å². The zero-order valence-corrected chi connectivity index (χ0v) is 21.1. The van der Waals surface area contributed by atoms with Crippen LogP contribution in [-0.2, 0) is 18.9 Å². The fraction of sp³-hybridized carbons (Fsp3) is 0.214. The van der Waals surface area contributed by atoms with Gasteiger partial charge in [-0.15, -0.1) is 5.10 Å². The summed E-state index contributed by atoms with van der Waals surface area (Å²) in [6.07, 6.45) is 5.32. The van der Waals surface area contributed by atoms with Crippen molar-refractivity contribution in [1.29, 1.82) is 5.26 Å². The molecule has 5 aromatic rings. The van der Waals surface area contributed by atoms with E-state index in [0.29, 0.717) is 5.56 Å². The number of halogens is 1. The average Bonchev–Trinajstić information content (AvgIpc) is 3.63. The van der Waals surface area contributed by atoms with E-state index in [-0.39, 0.29) is 11.2 Å². The van der Waals surface area contributed by atoms with E-state index in [1.165, 1.54) is 17.7 Å². The summed E-state index contributed by atoms with van der Waals surface area (Å²) in [4.78, 5) is 1.57. The van der Waals surface area contributed by atoms with Crippen molar-refractivity contribution in [2.24, 2.45) is 7.05 Å². The third-order valence-electron chi connectivity index (χ3n) is 6.98. The zero-order chi connectivity index (χ0) is 25.4. The second-order valence-electron chi connectivity index (χ2n) is 9.42. The first-order valence-electron chi connectivity index (χ1n) is 12.0. The largest absolute Gasteiger partial charge is 0.244 e. The van der Waals surface area contributed by atoms with Crippen LogP contribution in [0.15, 0.2) is 84.1 Å². The smallest absolute Gasteiger partial charge is 0.153 e. The zero-order valence-electron chi connectivity index (χ0n) is 20.3. The van der Waals surface area contributed by atoms with Crippen LogP contribution in [0.4, 0.5) is 4.39 Å². The molecule has 1 atom stereocenters. The molecule has 0 aliphatic carbocycles. The molecule has 0 N–H and O–H groups in total. The quantitative estimate of drug-likeness (QED) is 0.298. The predicted octanol–water partition coefficient (Wildman–Crippen LogP) is 5.06. The molecular weight excluding hydrogens is 485 g/mol. The van der Waals surface area contributed by atoms with Crippen molar-refractivity contribution < 1.29 is 4.39 Å². The highest BCUT2D eigenvalue weighted by molar-refractivity contribution is 7.97. The van der Waals surface area contributed by atoms with Crippen LogP contribution in [0.1, 0.15) is 23.1 Å². The fourth-order valence-electron chi connectivity index (χ4n) is 5.25. The minimum atomic E-state index is -0.298. The highest BCUT2D eigenvalue weighted by Gasteiger charge is 2.42. The van der Waals surface area contributed by atoms with E-state index in [0.717, 1.165) is 53.1 Å². The third kappa shape index (κ3) is 4.50. The van der Waals surface area contributed by atoms with Crippen LogP contribution in [0.5, 0.6) is 0 Å². The second kappa shape index (κ2) is 9.47. The maximum absolute atomic E-state index is 13.5. The normalized spacial score (nSPS) is 17.9. The summed E-state index contributed by atoms with van der Waals surface area (Å²) in [5.41, 5.74) is 4.23. The number of aromatic nitrogens is 5. The van der Waals surface area contributed by atoms with Crippen LogP contribution in [0, 0.1) is 17.1 Å². The van der Waals surface area contributed by atoms with E-state index in [1.807, 2.05) is 25.4 Å². The van der Waals surface area contributed by atoms with Crippen LogP contribution in [-0.4, -0.2) is 42.2 Å². The molecule has 3 heterocycles. The summed E-state index contributed by atoms with van der Waals surface area (Å²) in [5, 5.41) is 25.3. The Labute approximate surface area is 218 Å². The number of nitrogens with zero attached hydrogens (tertiary/aromatic N) is 7. The van der Waals surface area contributed by atoms with Gasteiger partial charge in [-0.05, 0) is 72.3 Å². The number of nitriles is 1. The molecule has 1 saturated heterocycles. The number of hydrogen-bond donors (Lipinski definition) is 0. The van der Waals surface area contributed by atoms with E-state index in [2.05, 4.69) is 56.0 Å². The van der Waals surface area contributed by atoms with Crippen molar-refractivity contribution in [3.63, 3.8) is 0 Å². The summed E-state index contributed by atoms with van der Waals surface area (Å²) < 4.78 is 17.6. The first-order valence-corrected chi connectivity index (χ1v) is 12.8. The van der Waals surface area contributed by atoms with E-state index in [4.69, 9.17) is 0 Å². The molecule has 37 heavy (non-hydrogen) atoms. The molecule has 1 aliphatic rings. The van der Waals surface area contributed by atoms with Crippen molar-refractivity contribution in [3.05, 3.63) is 102 Å². The van der Waals surface area contributed by atoms with Gasteiger partial charge in [0.05, 0.1) is 35.2 Å². The van der Waals surface area contributed by atoms with Gasteiger partial charge >= 0.3 is 0 Å². The minimum Gasteiger partial charge on any atom is -0.244 e. The van der Waals surface area contributed by atoms with Gasteiger partial charge in [-0.1, -0.05) is 30.3 Å². The molecule has 184 valence electrons. The molecule has 3 aromatic carbocycles. The summed E-state index contributed by atoms with van der Waals surface area (Å²) in [5.74, 6) is -0.298. The number of aryl methyl sites for hydroxylation is 1. The first-order chi connectivity index (χ1) is 18.0. The van der Waals surface area contributed by atoms with Gasteiger partial charge in [0, 0.05) is 30.9 Å². The van der Waals surface area contributed by atoms with Crippen molar-refractivity contribution in [3.8, 4) is 11.8 Å². The van der Waals surface area contributed by atoms with Crippen LogP contribution in [0.25, 0.3) is 16.6 Å². The highest BCUT2D eigenvalue weighted by atomic mass is 32.2. The molecule has 7 nitrogen and oxygen atoms in total. The van der Waals surface area contributed by atoms with E-state index in [1.54, 1.807) is 39.8 Å². The lowest BCUT2D eigenvalue weighted by Gasteiger charge is -2.31. The molecule has 0 radical (unpaired) electrons. The predicted molar refractivity (Wildman–Crippen MR) is 141 cm³/mol. The SMILES string of the molecule is Cn1ncc(SN2CCC(Cc3ccccc3)(c3cc4cnn(-c5ccc(F)cc5)c4cc3C#N)C2)n1. The Bertz CT molecular complexity index is 1600. The molecule has 1 fully saturated rings. The Morgan fingerprint density at radius 3 is 2.59 bits per heavy atom. The Morgan fingerprint density at radius 2 is 1.86 bits per heavy atom. The summed E-state index contributed by atoms with van der Waals surface area (Å²) >= 11 is 1.61. The topological polar surface area (TPSA) is 75.6 Å². The molecule has 1 unspecified atom stereocenters. The summed E-state index contributed by atoms with van der Waals surface area (Å²) in [6, 6.07) is 23.2. The third-order valence-corrected chi connectivity index (χ3v) is 7.92. The van der Waals surface area contributed by atoms with Crippen LogP contribution in [0.3, 0.4) is 0 Å². The van der Waals surface area contributed by atoms with Crippen LogP contribution >= 0.6 is 11.9 Å². The van der Waals surface area contributed by atoms with Crippen molar-refractivity contribution in [2.45, 2.75) is 23.3 Å². The maximum atomic E-state index is 13.5. The van der Waals surface area contributed by atoms with Gasteiger partial charge in [0.2, 0.25) is 0 Å². The van der Waals surface area contributed by atoms with Crippen LogP contribution < -0.4 is 0 Å². The van der Waals surface area contributed by atoms with Gasteiger partial charge in [-0.25, -0.2) is 13.4 Å². The van der Waals surface area contributed by atoms with Gasteiger partial charge in [0.1, 0.15) is 5.82 Å². The standard InChI is InChI=1S/C28H24FN7S/c1-34-31-18-27(33-34)37-35-12-11-28(19-35,15-20-5-3-2-4-6-20)25-13-22-17-32-36(26(22)14-21(25)16-30)24-9-7-23(29)8-10-24/h2-10,13-14,17-18H,11-12,15,19H2,1H3. The molecule has 0 saturated carbocycles. The van der Waals surface area contributed by atoms with Crippen molar-refractivity contribution in [1.82, 2.24) is 29.1 Å². The average molecular weight is 510 g/mol. The van der Waals surface area contributed by atoms with Gasteiger partial charge in [0.15, 0.2) is 5.03 Å². The molecule has 2 aromatic heterocycles. The molecule has 1 aliphatic heterocycles. The molecule has 6 rings (SSSR count). The summed E-state index contributed by atoms with van der Waals surface area (Å²) in [7, 11) is 1.81. The second-order valence-corrected chi connectivity index (χ2v) is 10.5. The number of rotatable bonds is 6. The van der Waals surface area contributed by atoms with Gasteiger partial charge in [0.25, 0.3) is 0 Å². The first kappa shape index (κ1) is 23.4. The lowest BCUT2D eigenvalue weighted by Crippen LogP contribution is -2.32. The lowest BCUT2D eigenvalue weighted by molar-refractivity contribution is 0.438. The minimum absolute atomic E-state index is 0.256. The fourth-order valence-corrected chi connectivity index (χ4v) is 6.26. The van der Waals surface area contributed by atoms with E-state index in [9.17, 15) is 9.65 Å². The van der Waals surface area contributed by atoms with E-state index >= 15 is 0 Å². The Kier molecular flexibility index (Phi) is 5.99. The summed E-state index contributed by atoms with van der Waals surface area (Å²) in [6.45, 7) is 1.64. The van der Waals surface area contributed by atoms with Gasteiger partial charge in [-0.2, -0.15) is 20.3 Å². The number of hydrogen-bond acceptors (Lipinski definition) is 6. The number of benzene rings is 3. The lowest BCUT2D eigenvalue weighted by atomic mass is 9.73. The van der Waals surface area contributed by atoms with Crippen molar-refractivity contribution in [2.75, 3.05) is 13.1 Å². The maximum Gasteiger partial charge on any atom is 0.153 e. The van der Waals surface area contributed by atoms with E-state index < -0.39 is 0 Å². The molecule has 0 spiro atoms. The molecule has 0 bridgehead atoms. The monoisotopic (exact) mass is 509 g/mol. The van der Waals surface area contributed by atoms with Gasteiger partial charge < -0.3 is 0 Å².